The summed E-state index contributed by atoms with van der Waals surface area (Å²) in [4.78, 5) is 0. The summed E-state index contributed by atoms with van der Waals surface area (Å²) in [5.74, 6) is 1.52. The Kier molecular flexibility index (Phi) is 5.41. The Hall–Kier alpha value is -1.09. The summed E-state index contributed by atoms with van der Waals surface area (Å²) >= 11 is 0. The summed E-state index contributed by atoms with van der Waals surface area (Å²) in [5, 5.41) is 3.56. The molecule has 112 valence electrons. The van der Waals surface area contributed by atoms with Crippen molar-refractivity contribution in [2.24, 2.45) is 11.8 Å². The number of halogens is 1. The van der Waals surface area contributed by atoms with E-state index in [1.54, 1.807) is 6.07 Å². The van der Waals surface area contributed by atoms with Crippen LogP contribution < -0.4 is 10.1 Å². The SMILES string of the molecule is CCNC(Cc1cccc(OC)c1F)C1CCCC1C. The van der Waals surface area contributed by atoms with Gasteiger partial charge in [-0.15, -0.1) is 0 Å². The number of nitrogens with one attached hydrogen (secondary N) is 1. The number of hydrogen-bond acceptors (Lipinski definition) is 2. The summed E-state index contributed by atoms with van der Waals surface area (Å²) in [6, 6.07) is 5.79. The summed E-state index contributed by atoms with van der Waals surface area (Å²) in [5.41, 5.74) is 0.759. The van der Waals surface area contributed by atoms with Crippen molar-refractivity contribution >= 4 is 0 Å². The molecule has 1 aliphatic carbocycles. The fraction of sp³-hybridized carbons (Fsp3) is 0.647. The quantitative estimate of drug-likeness (QED) is 0.855. The molecule has 1 aromatic carbocycles. The second-order valence-electron chi connectivity index (χ2n) is 5.87. The number of methoxy groups -OCH3 is 1. The van der Waals surface area contributed by atoms with Gasteiger partial charge >= 0.3 is 0 Å². The number of hydrogen-bond donors (Lipinski definition) is 1. The Labute approximate surface area is 121 Å². The second kappa shape index (κ2) is 7.07. The van der Waals surface area contributed by atoms with E-state index in [0.29, 0.717) is 17.7 Å². The third-order valence-corrected chi connectivity index (χ3v) is 4.61. The standard InChI is InChI=1S/C17H26FNO/c1-4-19-15(14-9-5-7-12(14)2)11-13-8-6-10-16(20-3)17(13)18/h6,8,10,12,14-15,19H,4-5,7,9,11H2,1-3H3. The third kappa shape index (κ3) is 3.32. The maximum Gasteiger partial charge on any atom is 0.168 e. The lowest BCUT2D eigenvalue weighted by Crippen LogP contribution is -2.39. The van der Waals surface area contributed by atoms with E-state index in [2.05, 4.69) is 19.2 Å². The van der Waals surface area contributed by atoms with Gasteiger partial charge in [0, 0.05) is 6.04 Å². The van der Waals surface area contributed by atoms with Crippen molar-refractivity contribution in [1.29, 1.82) is 0 Å². The van der Waals surface area contributed by atoms with E-state index in [4.69, 9.17) is 4.74 Å². The molecule has 1 aromatic rings. The summed E-state index contributed by atoms with van der Waals surface area (Å²) in [7, 11) is 1.52. The van der Waals surface area contributed by atoms with Crippen LogP contribution in [-0.2, 0) is 6.42 Å². The molecule has 2 rings (SSSR count). The van der Waals surface area contributed by atoms with Gasteiger partial charge in [0.1, 0.15) is 0 Å². The predicted octanol–water partition coefficient (Wildman–Crippen LogP) is 3.79. The Balaban J connectivity index is 2.15. The zero-order valence-electron chi connectivity index (χ0n) is 12.8. The first-order valence-corrected chi connectivity index (χ1v) is 7.72. The van der Waals surface area contributed by atoms with E-state index < -0.39 is 0 Å². The minimum absolute atomic E-state index is 0.205. The lowest BCUT2D eigenvalue weighted by atomic mass is 9.86. The molecular formula is C17H26FNO. The summed E-state index contributed by atoms with van der Waals surface area (Å²) in [6.07, 6.45) is 4.60. The highest BCUT2D eigenvalue weighted by atomic mass is 19.1. The van der Waals surface area contributed by atoms with Crippen LogP contribution in [0.2, 0.25) is 0 Å². The van der Waals surface area contributed by atoms with Gasteiger partial charge in [0.25, 0.3) is 0 Å². The molecule has 2 nitrogen and oxygen atoms in total. The molecule has 20 heavy (non-hydrogen) atoms. The van der Waals surface area contributed by atoms with Crippen LogP contribution >= 0.6 is 0 Å². The van der Waals surface area contributed by atoms with Gasteiger partial charge in [-0.1, -0.05) is 38.8 Å². The van der Waals surface area contributed by atoms with Gasteiger partial charge in [-0.25, -0.2) is 4.39 Å². The van der Waals surface area contributed by atoms with Gasteiger partial charge in [-0.3, -0.25) is 0 Å². The minimum Gasteiger partial charge on any atom is -0.494 e. The lowest BCUT2D eigenvalue weighted by Gasteiger charge is -2.28. The topological polar surface area (TPSA) is 21.3 Å². The second-order valence-corrected chi connectivity index (χ2v) is 5.87. The molecule has 0 radical (unpaired) electrons. The number of benzene rings is 1. The van der Waals surface area contributed by atoms with Crippen molar-refractivity contribution in [2.45, 2.75) is 45.6 Å². The van der Waals surface area contributed by atoms with Crippen LogP contribution in [0, 0.1) is 17.7 Å². The van der Waals surface area contributed by atoms with Gasteiger partial charge in [0.2, 0.25) is 0 Å². The van der Waals surface area contributed by atoms with Gasteiger partial charge in [0.15, 0.2) is 11.6 Å². The van der Waals surface area contributed by atoms with Crippen LogP contribution in [0.4, 0.5) is 4.39 Å². The van der Waals surface area contributed by atoms with Crippen LogP contribution in [0.15, 0.2) is 18.2 Å². The molecule has 0 spiro atoms. The first-order valence-electron chi connectivity index (χ1n) is 7.72. The molecule has 1 N–H and O–H groups in total. The van der Waals surface area contributed by atoms with Crippen molar-refractivity contribution in [3.8, 4) is 5.75 Å². The largest absolute Gasteiger partial charge is 0.494 e. The highest BCUT2D eigenvalue weighted by Gasteiger charge is 2.31. The number of rotatable bonds is 6. The van der Waals surface area contributed by atoms with E-state index in [0.717, 1.165) is 24.4 Å². The first kappa shape index (κ1) is 15.3. The Morgan fingerprint density at radius 2 is 2.20 bits per heavy atom. The molecule has 3 unspecified atom stereocenters. The number of likely N-dealkylation sites (N-methyl/N-ethyl adjacent to an activating group) is 1. The monoisotopic (exact) mass is 279 g/mol. The molecule has 0 saturated heterocycles. The zero-order valence-corrected chi connectivity index (χ0v) is 12.8. The van der Waals surface area contributed by atoms with Gasteiger partial charge < -0.3 is 10.1 Å². The third-order valence-electron chi connectivity index (χ3n) is 4.61. The van der Waals surface area contributed by atoms with Crippen LogP contribution in [0.1, 0.15) is 38.7 Å². The molecule has 0 aliphatic heterocycles. The van der Waals surface area contributed by atoms with Gasteiger partial charge in [-0.2, -0.15) is 0 Å². The fourth-order valence-electron chi connectivity index (χ4n) is 3.52. The van der Waals surface area contributed by atoms with Gasteiger partial charge in [-0.05, 0) is 42.9 Å². The highest BCUT2D eigenvalue weighted by molar-refractivity contribution is 5.31. The molecule has 1 saturated carbocycles. The maximum absolute atomic E-state index is 14.3. The zero-order chi connectivity index (χ0) is 14.5. The van der Waals surface area contributed by atoms with E-state index >= 15 is 0 Å². The Morgan fingerprint density at radius 3 is 2.80 bits per heavy atom. The number of ether oxygens (including phenoxy) is 1. The molecule has 0 heterocycles. The van der Waals surface area contributed by atoms with Crippen LogP contribution in [0.25, 0.3) is 0 Å². The Bertz CT molecular complexity index is 435. The Morgan fingerprint density at radius 1 is 1.40 bits per heavy atom. The van der Waals surface area contributed by atoms with Gasteiger partial charge in [0.05, 0.1) is 7.11 Å². The fourth-order valence-corrected chi connectivity index (χ4v) is 3.52. The minimum atomic E-state index is -0.205. The average molecular weight is 279 g/mol. The molecule has 3 heteroatoms. The smallest absolute Gasteiger partial charge is 0.168 e. The van der Waals surface area contributed by atoms with Crippen LogP contribution in [0.3, 0.4) is 0 Å². The molecule has 0 aromatic heterocycles. The normalized spacial score (nSPS) is 23.8. The van der Waals surface area contributed by atoms with E-state index in [1.165, 1.54) is 26.4 Å². The lowest BCUT2D eigenvalue weighted by molar-refractivity contribution is 0.295. The van der Waals surface area contributed by atoms with E-state index in [-0.39, 0.29) is 5.82 Å². The van der Waals surface area contributed by atoms with E-state index in [9.17, 15) is 4.39 Å². The van der Waals surface area contributed by atoms with Crippen molar-refractivity contribution < 1.29 is 9.13 Å². The van der Waals surface area contributed by atoms with Crippen molar-refractivity contribution in [2.75, 3.05) is 13.7 Å². The molecule has 3 atom stereocenters. The molecular weight excluding hydrogens is 253 g/mol. The maximum atomic E-state index is 14.3. The van der Waals surface area contributed by atoms with Crippen molar-refractivity contribution in [3.63, 3.8) is 0 Å². The highest BCUT2D eigenvalue weighted by Crippen LogP contribution is 2.35. The first-order chi connectivity index (χ1) is 9.67. The van der Waals surface area contributed by atoms with Crippen LogP contribution in [0.5, 0.6) is 5.75 Å². The van der Waals surface area contributed by atoms with Crippen molar-refractivity contribution in [3.05, 3.63) is 29.6 Å². The molecule has 1 aliphatic rings. The summed E-state index contributed by atoms with van der Waals surface area (Å²) in [6.45, 7) is 5.37. The summed E-state index contributed by atoms with van der Waals surface area (Å²) < 4.78 is 19.4. The molecule has 0 amide bonds. The van der Waals surface area contributed by atoms with Crippen molar-refractivity contribution in [1.82, 2.24) is 5.32 Å². The van der Waals surface area contributed by atoms with Crippen LogP contribution in [-0.4, -0.2) is 19.7 Å². The molecule has 1 fully saturated rings. The average Bonchev–Trinajstić information content (AvgIpc) is 2.86. The predicted molar refractivity (Wildman–Crippen MR) is 80.6 cm³/mol. The molecule has 0 bridgehead atoms. The van der Waals surface area contributed by atoms with E-state index in [1.807, 2.05) is 12.1 Å².